The van der Waals surface area contributed by atoms with Crippen LogP contribution in [-0.4, -0.2) is 77.6 Å². The van der Waals surface area contributed by atoms with Crippen LogP contribution in [0.3, 0.4) is 0 Å². The number of amides is 1. The molecule has 0 bridgehead atoms. The lowest BCUT2D eigenvalue weighted by Gasteiger charge is -2.28. The number of carbonyl (C=O) groups is 2. The summed E-state index contributed by atoms with van der Waals surface area (Å²) in [5.74, 6) is 1.61. The highest BCUT2D eigenvalue weighted by molar-refractivity contribution is 5.91. The largest absolute Gasteiger partial charge is 0.465 e. The molecule has 2 aromatic rings. The topological polar surface area (TPSA) is 146 Å². The smallest absolute Gasteiger partial charge is 0.434 e. The van der Waals surface area contributed by atoms with Gasteiger partial charge in [-0.25, -0.2) is 24.6 Å². The van der Waals surface area contributed by atoms with Gasteiger partial charge in [-0.05, 0) is 0 Å². The molecule has 2 aliphatic heterocycles. The molecule has 2 fully saturated rings. The van der Waals surface area contributed by atoms with Gasteiger partial charge in [0, 0.05) is 30.9 Å². The van der Waals surface area contributed by atoms with Crippen LogP contribution in [0.15, 0.2) is 12.3 Å². The third kappa shape index (κ3) is 4.87. The molecule has 4 rings (SSSR count). The second kappa shape index (κ2) is 9.58. The van der Waals surface area contributed by atoms with E-state index >= 15 is 0 Å². The molecule has 0 radical (unpaired) electrons. The van der Waals surface area contributed by atoms with Crippen molar-refractivity contribution in [2.24, 2.45) is 0 Å². The van der Waals surface area contributed by atoms with E-state index < -0.39 is 41.6 Å². The molecule has 0 aromatic carbocycles. The van der Waals surface area contributed by atoms with Gasteiger partial charge in [-0.2, -0.15) is 18.2 Å². The molecule has 2 N–H and O–H groups in total. The predicted molar refractivity (Wildman–Crippen MR) is 113 cm³/mol. The molecule has 2 atom stereocenters. The zero-order chi connectivity index (χ0) is 25.2. The van der Waals surface area contributed by atoms with Gasteiger partial charge < -0.3 is 24.8 Å². The molecule has 12 nitrogen and oxygen atoms in total. The number of ether oxygens (including phenoxy) is 3. The summed E-state index contributed by atoms with van der Waals surface area (Å²) >= 11 is 0. The van der Waals surface area contributed by atoms with E-state index in [1.807, 2.05) is 0 Å². The van der Waals surface area contributed by atoms with Crippen molar-refractivity contribution in [3.05, 3.63) is 18.0 Å². The average molecular weight is 493 g/mol. The SMILES string of the molecule is C#C[C@H]1OC(=O)N(c2cc(-c3cnc(N)nc3C(F)(F)F)nc(N3CCOCC3)n2)[C@H]1COC=O. The van der Waals surface area contributed by atoms with Crippen LogP contribution in [0, 0.1) is 12.3 Å². The molecule has 2 aromatic heterocycles. The summed E-state index contributed by atoms with van der Waals surface area (Å²) in [6, 6.07) is 0.157. The van der Waals surface area contributed by atoms with E-state index in [2.05, 4.69) is 25.9 Å². The Bertz CT molecular complexity index is 1170. The number of morpholine rings is 1. The molecule has 4 heterocycles. The van der Waals surface area contributed by atoms with Crippen LogP contribution in [0.2, 0.25) is 0 Å². The van der Waals surface area contributed by atoms with Gasteiger partial charge in [-0.1, -0.05) is 5.92 Å². The van der Waals surface area contributed by atoms with E-state index in [1.165, 1.54) is 0 Å². The normalized spacial score (nSPS) is 20.3. The fraction of sp³-hybridized carbons (Fsp3) is 0.400. The van der Waals surface area contributed by atoms with Gasteiger partial charge in [0.2, 0.25) is 11.9 Å². The lowest BCUT2D eigenvalue weighted by molar-refractivity contribution is -0.140. The molecule has 184 valence electrons. The van der Waals surface area contributed by atoms with Crippen molar-refractivity contribution in [3.8, 4) is 23.6 Å². The zero-order valence-electron chi connectivity index (χ0n) is 17.9. The van der Waals surface area contributed by atoms with E-state index in [9.17, 15) is 22.8 Å². The number of halogens is 3. The van der Waals surface area contributed by atoms with E-state index in [4.69, 9.17) is 26.4 Å². The number of hydrogen-bond donors (Lipinski definition) is 1. The van der Waals surface area contributed by atoms with Crippen molar-refractivity contribution < 1.29 is 37.0 Å². The van der Waals surface area contributed by atoms with Crippen molar-refractivity contribution in [3.63, 3.8) is 0 Å². The van der Waals surface area contributed by atoms with Gasteiger partial charge in [0.15, 0.2) is 11.8 Å². The van der Waals surface area contributed by atoms with Crippen molar-refractivity contribution in [2.45, 2.75) is 18.3 Å². The number of carbonyl (C=O) groups excluding carboxylic acids is 2. The van der Waals surface area contributed by atoms with Crippen molar-refractivity contribution in [1.29, 1.82) is 0 Å². The molecular weight excluding hydrogens is 475 g/mol. The molecule has 2 aliphatic rings. The van der Waals surface area contributed by atoms with Crippen molar-refractivity contribution >= 4 is 30.3 Å². The summed E-state index contributed by atoms with van der Waals surface area (Å²) < 4.78 is 56.5. The minimum absolute atomic E-state index is 0.0257. The third-order valence-corrected chi connectivity index (χ3v) is 5.20. The Balaban J connectivity index is 1.88. The van der Waals surface area contributed by atoms with Gasteiger partial charge in [-0.15, -0.1) is 6.42 Å². The molecule has 1 amide bonds. The van der Waals surface area contributed by atoms with Crippen LogP contribution in [0.25, 0.3) is 11.3 Å². The predicted octanol–water partition coefficient (Wildman–Crippen LogP) is 0.871. The first-order valence-corrected chi connectivity index (χ1v) is 10.2. The number of alkyl halides is 3. The summed E-state index contributed by atoms with van der Waals surface area (Å²) in [5.41, 5.74) is 3.37. The number of terminal acetylenes is 1. The molecule has 0 unspecified atom stereocenters. The number of nitrogens with two attached hydrogens (primary N) is 1. The summed E-state index contributed by atoms with van der Waals surface area (Å²) in [5, 5.41) is 0. The molecule has 0 aliphatic carbocycles. The van der Waals surface area contributed by atoms with Crippen molar-refractivity contribution in [1.82, 2.24) is 19.9 Å². The monoisotopic (exact) mass is 493 g/mol. The summed E-state index contributed by atoms with van der Waals surface area (Å²) in [6.45, 7) is 1.20. The highest BCUT2D eigenvalue weighted by Crippen LogP contribution is 2.37. The Kier molecular flexibility index (Phi) is 6.56. The fourth-order valence-corrected chi connectivity index (χ4v) is 3.61. The first-order chi connectivity index (χ1) is 16.7. The maximum Gasteiger partial charge on any atom is 0.434 e. The van der Waals surface area contributed by atoms with Crippen LogP contribution < -0.4 is 15.5 Å². The number of cyclic esters (lactones) is 1. The first kappa shape index (κ1) is 24.0. The van der Waals surface area contributed by atoms with Crippen LogP contribution in [-0.2, 0) is 25.2 Å². The van der Waals surface area contributed by atoms with Crippen LogP contribution in [0.5, 0.6) is 0 Å². The van der Waals surface area contributed by atoms with Gasteiger partial charge in [0.25, 0.3) is 6.47 Å². The first-order valence-electron chi connectivity index (χ1n) is 10.2. The molecule has 35 heavy (non-hydrogen) atoms. The van der Waals surface area contributed by atoms with Gasteiger partial charge in [-0.3, -0.25) is 4.79 Å². The Hall–Kier alpha value is -4.19. The number of anilines is 3. The maximum absolute atomic E-state index is 13.8. The quantitative estimate of drug-likeness (QED) is 0.452. The molecule has 2 saturated heterocycles. The zero-order valence-corrected chi connectivity index (χ0v) is 17.9. The Morgan fingerprint density at radius 1 is 1.29 bits per heavy atom. The molecule has 0 saturated carbocycles. The molecular formula is C20H18F3N7O5. The number of rotatable bonds is 6. The number of nitrogen functional groups attached to an aromatic ring is 1. The number of hydrogen-bond acceptors (Lipinski definition) is 11. The van der Waals surface area contributed by atoms with E-state index in [0.29, 0.717) is 26.3 Å². The summed E-state index contributed by atoms with van der Waals surface area (Å²) in [6.07, 6.45) is -0.566. The van der Waals surface area contributed by atoms with E-state index in [1.54, 1.807) is 4.90 Å². The number of aromatic nitrogens is 4. The Labute approximate surface area is 196 Å². The maximum atomic E-state index is 13.8. The summed E-state index contributed by atoms with van der Waals surface area (Å²) in [4.78, 5) is 41.8. The standard InChI is InChI=1S/C20H18F3N7O5/c1-2-14-13(9-34-10-31)30(19(32)35-14)15-7-12(26-18(27-15)29-3-5-33-6-4-29)11-8-25-17(24)28-16(11)20(21,22)23/h1,7-8,10,13-14H,3-6,9H2,(H2,24,25,28)/t13-,14+/m0/s1. The van der Waals surface area contributed by atoms with Gasteiger partial charge in [0.1, 0.15) is 18.5 Å². The Morgan fingerprint density at radius 2 is 2.03 bits per heavy atom. The molecule has 0 spiro atoms. The minimum Gasteiger partial charge on any atom is -0.465 e. The minimum atomic E-state index is -4.88. The van der Waals surface area contributed by atoms with Crippen molar-refractivity contribution in [2.75, 3.05) is 48.4 Å². The van der Waals surface area contributed by atoms with E-state index in [-0.39, 0.29) is 30.5 Å². The summed E-state index contributed by atoms with van der Waals surface area (Å²) in [7, 11) is 0. The second-order valence-corrected chi connectivity index (χ2v) is 7.34. The third-order valence-electron chi connectivity index (χ3n) is 5.20. The van der Waals surface area contributed by atoms with Crippen LogP contribution in [0.1, 0.15) is 5.69 Å². The van der Waals surface area contributed by atoms with Gasteiger partial charge >= 0.3 is 12.3 Å². The molecule has 15 heteroatoms. The number of nitrogens with zero attached hydrogens (tertiary/aromatic N) is 6. The van der Waals surface area contributed by atoms with Crippen LogP contribution >= 0.6 is 0 Å². The fourth-order valence-electron chi connectivity index (χ4n) is 3.61. The van der Waals surface area contributed by atoms with E-state index in [0.717, 1.165) is 17.2 Å². The second-order valence-electron chi connectivity index (χ2n) is 7.34. The van der Waals surface area contributed by atoms with Gasteiger partial charge in [0.05, 0.1) is 18.9 Å². The highest BCUT2D eigenvalue weighted by atomic mass is 19.4. The van der Waals surface area contributed by atoms with Crippen LogP contribution in [0.4, 0.5) is 35.7 Å². The lowest BCUT2D eigenvalue weighted by atomic mass is 10.1. The lowest BCUT2D eigenvalue weighted by Crippen LogP contribution is -2.41. The highest BCUT2D eigenvalue weighted by Gasteiger charge is 2.44. The average Bonchev–Trinajstić information content (AvgIpc) is 3.17. The Morgan fingerprint density at radius 3 is 2.69 bits per heavy atom.